The minimum Gasteiger partial charge on any atom is -0.481 e. The highest BCUT2D eigenvalue weighted by Gasteiger charge is 2.31. The third kappa shape index (κ3) is 5.63. The molecule has 1 aliphatic rings. The van der Waals surface area contributed by atoms with E-state index in [1.165, 1.54) is 16.7 Å². The quantitative estimate of drug-likeness (QED) is 0.472. The van der Waals surface area contributed by atoms with Crippen molar-refractivity contribution in [3.8, 4) is 5.75 Å². The third-order valence-electron chi connectivity index (χ3n) is 6.48. The summed E-state index contributed by atoms with van der Waals surface area (Å²) < 4.78 is 6.09. The number of aryl methyl sites for hydroxylation is 1. The molecule has 33 heavy (non-hydrogen) atoms. The Kier molecular flexibility index (Phi) is 7.79. The molecule has 0 aliphatic carbocycles. The second-order valence-corrected chi connectivity index (χ2v) is 8.60. The van der Waals surface area contributed by atoms with Gasteiger partial charge < -0.3 is 9.64 Å². The zero-order chi connectivity index (χ0) is 23.0. The van der Waals surface area contributed by atoms with E-state index in [0.717, 1.165) is 25.3 Å². The summed E-state index contributed by atoms with van der Waals surface area (Å²) >= 11 is 0. The summed E-state index contributed by atoms with van der Waals surface area (Å²) in [4.78, 5) is 17.7. The minimum atomic E-state index is -0.442. The molecule has 1 atom stereocenters. The molecule has 0 bridgehead atoms. The number of hydrogen-bond acceptors (Lipinski definition) is 3. The molecule has 4 heteroatoms. The largest absolute Gasteiger partial charge is 0.481 e. The van der Waals surface area contributed by atoms with E-state index < -0.39 is 6.10 Å². The molecule has 0 aromatic heterocycles. The van der Waals surface area contributed by atoms with Crippen LogP contribution in [0.3, 0.4) is 0 Å². The molecule has 1 aliphatic heterocycles. The van der Waals surface area contributed by atoms with E-state index in [1.807, 2.05) is 24.0 Å². The molecule has 0 N–H and O–H groups in total. The van der Waals surface area contributed by atoms with Crippen LogP contribution in [0, 0.1) is 0 Å². The van der Waals surface area contributed by atoms with Crippen LogP contribution in [-0.2, 0) is 11.2 Å². The maximum absolute atomic E-state index is 13.3. The van der Waals surface area contributed by atoms with E-state index in [0.29, 0.717) is 19.5 Å². The zero-order valence-corrected chi connectivity index (χ0v) is 19.7. The Bertz CT molecular complexity index is 957. The molecule has 1 amide bonds. The lowest BCUT2D eigenvalue weighted by atomic mass is 9.96. The highest BCUT2D eigenvalue weighted by atomic mass is 16.5. The first kappa shape index (κ1) is 23.1. The molecule has 0 unspecified atom stereocenters. The number of carbonyl (C=O) groups is 1. The number of rotatable bonds is 8. The zero-order valence-electron chi connectivity index (χ0n) is 19.7. The summed E-state index contributed by atoms with van der Waals surface area (Å²) in [6, 6.07) is 29.6. The van der Waals surface area contributed by atoms with Crippen LogP contribution in [-0.4, -0.2) is 48.0 Å². The fourth-order valence-corrected chi connectivity index (χ4v) is 4.57. The average Bonchev–Trinajstić information content (AvgIpc) is 2.89. The highest BCUT2D eigenvalue weighted by molar-refractivity contribution is 5.81. The SMILES string of the molecule is CCc1ccc(O[C@H](CC)C(=O)N2CCN(C(c3ccccc3)c3ccccc3)CC2)cc1. The summed E-state index contributed by atoms with van der Waals surface area (Å²) in [6.07, 6.45) is 1.21. The van der Waals surface area contributed by atoms with Gasteiger partial charge >= 0.3 is 0 Å². The van der Waals surface area contributed by atoms with Crippen LogP contribution in [0.5, 0.6) is 5.75 Å². The van der Waals surface area contributed by atoms with Crippen LogP contribution in [0.1, 0.15) is 43.0 Å². The normalized spacial score (nSPS) is 15.4. The number of hydrogen-bond donors (Lipinski definition) is 0. The maximum Gasteiger partial charge on any atom is 0.263 e. The van der Waals surface area contributed by atoms with Crippen LogP contribution in [0.2, 0.25) is 0 Å². The first-order valence-corrected chi connectivity index (χ1v) is 12.1. The summed E-state index contributed by atoms with van der Waals surface area (Å²) in [5.74, 6) is 0.854. The number of ether oxygens (including phenoxy) is 1. The van der Waals surface area contributed by atoms with Gasteiger partial charge in [-0.3, -0.25) is 9.69 Å². The van der Waals surface area contributed by atoms with Crippen LogP contribution in [0.25, 0.3) is 0 Å². The molecule has 4 nitrogen and oxygen atoms in total. The Morgan fingerprint density at radius 2 is 1.33 bits per heavy atom. The molecule has 1 heterocycles. The van der Waals surface area contributed by atoms with Crippen LogP contribution >= 0.6 is 0 Å². The predicted octanol–water partition coefficient (Wildman–Crippen LogP) is 5.34. The van der Waals surface area contributed by atoms with Gasteiger partial charge in [0, 0.05) is 26.2 Å². The van der Waals surface area contributed by atoms with Crippen molar-refractivity contribution in [3.05, 3.63) is 102 Å². The molecule has 1 saturated heterocycles. The standard InChI is InChI=1S/C29H34N2O2/c1-3-23-15-17-26(18-16-23)33-27(4-2)29(32)31-21-19-30(20-22-31)28(24-11-7-5-8-12-24)25-13-9-6-10-14-25/h5-18,27-28H,3-4,19-22H2,1-2H3/t27-/m1/s1. The van der Waals surface area contributed by atoms with Gasteiger partial charge in [-0.25, -0.2) is 0 Å². The van der Waals surface area contributed by atoms with E-state index >= 15 is 0 Å². The fourth-order valence-electron chi connectivity index (χ4n) is 4.57. The van der Waals surface area contributed by atoms with Crippen LogP contribution in [0.4, 0.5) is 0 Å². The van der Waals surface area contributed by atoms with Crippen LogP contribution in [0.15, 0.2) is 84.9 Å². The van der Waals surface area contributed by atoms with E-state index in [1.54, 1.807) is 0 Å². The monoisotopic (exact) mass is 442 g/mol. The van der Waals surface area contributed by atoms with E-state index in [4.69, 9.17) is 4.74 Å². The summed E-state index contributed by atoms with van der Waals surface area (Å²) in [5.41, 5.74) is 3.84. The predicted molar refractivity (Wildman–Crippen MR) is 133 cm³/mol. The van der Waals surface area contributed by atoms with Gasteiger partial charge in [0.2, 0.25) is 0 Å². The van der Waals surface area contributed by atoms with E-state index in [9.17, 15) is 4.79 Å². The molecule has 172 valence electrons. The minimum absolute atomic E-state index is 0.0905. The average molecular weight is 443 g/mol. The van der Waals surface area contributed by atoms with Crippen molar-refractivity contribution < 1.29 is 9.53 Å². The second-order valence-electron chi connectivity index (χ2n) is 8.60. The molecule has 3 aromatic rings. The number of nitrogens with zero attached hydrogens (tertiary/aromatic N) is 2. The maximum atomic E-state index is 13.3. The Hall–Kier alpha value is -3.11. The number of benzene rings is 3. The molecule has 3 aromatic carbocycles. The Morgan fingerprint density at radius 1 is 0.788 bits per heavy atom. The number of amides is 1. The summed E-state index contributed by atoms with van der Waals surface area (Å²) in [6.45, 7) is 7.24. The molecule has 1 fully saturated rings. The van der Waals surface area contributed by atoms with E-state index in [2.05, 4.69) is 84.6 Å². The number of carbonyl (C=O) groups excluding carboxylic acids is 1. The van der Waals surface area contributed by atoms with E-state index in [-0.39, 0.29) is 11.9 Å². The third-order valence-corrected chi connectivity index (χ3v) is 6.48. The van der Waals surface area contributed by atoms with Gasteiger partial charge in [0.1, 0.15) is 5.75 Å². The molecule has 0 spiro atoms. The first-order valence-electron chi connectivity index (χ1n) is 12.1. The Morgan fingerprint density at radius 3 is 1.82 bits per heavy atom. The van der Waals surface area contributed by atoms with Gasteiger partial charge in [-0.2, -0.15) is 0 Å². The summed E-state index contributed by atoms with van der Waals surface area (Å²) in [5, 5.41) is 0. The van der Waals surface area contributed by atoms with Gasteiger partial charge in [-0.05, 0) is 41.7 Å². The van der Waals surface area contributed by atoms with Crippen molar-refractivity contribution in [3.63, 3.8) is 0 Å². The Balaban J connectivity index is 1.42. The summed E-state index contributed by atoms with van der Waals surface area (Å²) in [7, 11) is 0. The van der Waals surface area contributed by atoms with Gasteiger partial charge in [0.25, 0.3) is 5.91 Å². The van der Waals surface area contributed by atoms with Gasteiger partial charge in [-0.15, -0.1) is 0 Å². The lowest BCUT2D eigenvalue weighted by molar-refractivity contribution is -0.140. The van der Waals surface area contributed by atoms with Crippen molar-refractivity contribution in [1.29, 1.82) is 0 Å². The van der Waals surface area contributed by atoms with Gasteiger partial charge in [0.05, 0.1) is 6.04 Å². The van der Waals surface area contributed by atoms with Crippen molar-refractivity contribution in [2.45, 2.75) is 38.8 Å². The van der Waals surface area contributed by atoms with Crippen molar-refractivity contribution in [1.82, 2.24) is 9.80 Å². The van der Waals surface area contributed by atoms with Gasteiger partial charge in [-0.1, -0.05) is 86.6 Å². The number of piperazine rings is 1. The van der Waals surface area contributed by atoms with Gasteiger partial charge in [0.15, 0.2) is 6.10 Å². The topological polar surface area (TPSA) is 32.8 Å². The lowest BCUT2D eigenvalue weighted by Gasteiger charge is -2.40. The lowest BCUT2D eigenvalue weighted by Crippen LogP contribution is -2.53. The smallest absolute Gasteiger partial charge is 0.263 e. The van der Waals surface area contributed by atoms with Crippen LogP contribution < -0.4 is 4.74 Å². The van der Waals surface area contributed by atoms with Crippen molar-refractivity contribution >= 4 is 5.91 Å². The second kappa shape index (κ2) is 11.2. The first-order chi connectivity index (χ1) is 16.2. The molecule has 4 rings (SSSR count). The molecular weight excluding hydrogens is 408 g/mol. The van der Waals surface area contributed by atoms with Crippen molar-refractivity contribution in [2.24, 2.45) is 0 Å². The molecular formula is C29H34N2O2. The Labute approximate surface area is 197 Å². The highest BCUT2D eigenvalue weighted by Crippen LogP contribution is 2.29. The van der Waals surface area contributed by atoms with Crippen molar-refractivity contribution in [2.75, 3.05) is 26.2 Å². The molecule has 0 saturated carbocycles. The molecule has 0 radical (unpaired) electrons. The fraction of sp³-hybridized carbons (Fsp3) is 0.345.